The molecule has 0 aliphatic heterocycles. The van der Waals surface area contributed by atoms with Crippen molar-refractivity contribution in [3.8, 4) is 0 Å². The third kappa shape index (κ3) is 3.92. The topological polar surface area (TPSA) is 92.8 Å². The van der Waals surface area contributed by atoms with Crippen molar-refractivity contribution in [2.24, 2.45) is 11.8 Å². The third-order valence-corrected chi connectivity index (χ3v) is 1.35. The molecule has 4 N–H and O–H groups in total. The Morgan fingerprint density at radius 1 is 1.73 bits per heavy atom. The molecule has 0 saturated carbocycles. The molecule has 5 nitrogen and oxygen atoms in total. The zero-order valence-electron chi connectivity index (χ0n) is 6.36. The molecule has 0 rings (SSSR count). The minimum Gasteiger partial charge on any atom is -0.394 e. The molecule has 5 heteroatoms. The smallest absolute Gasteiger partial charge is 0.327 e. The SMILES string of the molecule is CC(CC(O)CO)C(=O)ON. The number of hydrogen-bond donors (Lipinski definition) is 3. The van der Waals surface area contributed by atoms with Gasteiger partial charge in [0.2, 0.25) is 0 Å². The summed E-state index contributed by atoms with van der Waals surface area (Å²) in [5.74, 6) is 3.53. The molecule has 0 radical (unpaired) electrons. The Bertz CT molecular complexity index is 128. The van der Waals surface area contributed by atoms with Gasteiger partial charge in [-0.05, 0) is 6.42 Å². The monoisotopic (exact) mass is 163 g/mol. The molecule has 2 unspecified atom stereocenters. The van der Waals surface area contributed by atoms with Gasteiger partial charge in [0.05, 0.1) is 18.6 Å². The van der Waals surface area contributed by atoms with Crippen molar-refractivity contribution in [3.63, 3.8) is 0 Å². The van der Waals surface area contributed by atoms with E-state index in [1.807, 2.05) is 0 Å². The van der Waals surface area contributed by atoms with Crippen LogP contribution in [0.5, 0.6) is 0 Å². The summed E-state index contributed by atoms with van der Waals surface area (Å²) in [6.07, 6.45) is -0.726. The Morgan fingerprint density at radius 2 is 2.27 bits per heavy atom. The van der Waals surface area contributed by atoms with Gasteiger partial charge < -0.3 is 15.1 Å². The first-order valence-corrected chi connectivity index (χ1v) is 3.31. The van der Waals surface area contributed by atoms with Crippen LogP contribution < -0.4 is 5.90 Å². The molecule has 11 heavy (non-hydrogen) atoms. The molecular weight excluding hydrogens is 150 g/mol. The molecule has 0 amide bonds. The van der Waals surface area contributed by atoms with Crippen molar-refractivity contribution >= 4 is 5.97 Å². The van der Waals surface area contributed by atoms with Crippen molar-refractivity contribution in [2.45, 2.75) is 19.4 Å². The normalized spacial score (nSPS) is 15.6. The van der Waals surface area contributed by atoms with Crippen LogP contribution in [0.3, 0.4) is 0 Å². The van der Waals surface area contributed by atoms with Gasteiger partial charge in [0.15, 0.2) is 0 Å². The zero-order valence-corrected chi connectivity index (χ0v) is 6.36. The Balaban J connectivity index is 3.67. The van der Waals surface area contributed by atoms with Gasteiger partial charge in [-0.2, -0.15) is 5.90 Å². The number of rotatable bonds is 4. The van der Waals surface area contributed by atoms with Crippen molar-refractivity contribution in [1.82, 2.24) is 0 Å². The summed E-state index contributed by atoms with van der Waals surface area (Å²) in [6.45, 7) is 1.20. The third-order valence-electron chi connectivity index (χ3n) is 1.35. The quantitative estimate of drug-likeness (QED) is 0.452. The lowest BCUT2D eigenvalue weighted by atomic mass is 10.0. The lowest BCUT2D eigenvalue weighted by Gasteiger charge is -2.11. The minimum absolute atomic E-state index is 0.159. The maximum absolute atomic E-state index is 10.6. The lowest BCUT2D eigenvalue weighted by molar-refractivity contribution is -0.149. The molecule has 0 fully saturated rings. The van der Waals surface area contributed by atoms with Gasteiger partial charge >= 0.3 is 5.97 Å². The van der Waals surface area contributed by atoms with E-state index in [1.165, 1.54) is 0 Å². The average molecular weight is 163 g/mol. The van der Waals surface area contributed by atoms with Gasteiger partial charge in [0, 0.05) is 0 Å². The zero-order chi connectivity index (χ0) is 8.85. The van der Waals surface area contributed by atoms with Crippen molar-refractivity contribution < 1.29 is 19.8 Å². The molecular formula is C6H13NO4. The highest BCUT2D eigenvalue weighted by atomic mass is 16.7. The van der Waals surface area contributed by atoms with E-state index in [0.717, 1.165) is 0 Å². The summed E-state index contributed by atoms with van der Waals surface area (Å²) < 4.78 is 0. The van der Waals surface area contributed by atoms with Crippen LogP contribution in [0.4, 0.5) is 0 Å². The second kappa shape index (κ2) is 5.06. The molecule has 0 aromatic heterocycles. The largest absolute Gasteiger partial charge is 0.394 e. The van der Waals surface area contributed by atoms with E-state index >= 15 is 0 Å². The first-order chi connectivity index (χ1) is 5.11. The summed E-state index contributed by atoms with van der Waals surface area (Å²) in [5.41, 5.74) is 0. The van der Waals surface area contributed by atoms with Crippen LogP contribution >= 0.6 is 0 Å². The summed E-state index contributed by atoms with van der Waals surface area (Å²) >= 11 is 0. The van der Waals surface area contributed by atoms with Crippen molar-refractivity contribution in [3.05, 3.63) is 0 Å². The number of nitrogens with two attached hydrogens (primary N) is 1. The van der Waals surface area contributed by atoms with E-state index in [1.54, 1.807) is 6.92 Å². The second-order valence-corrected chi connectivity index (χ2v) is 2.41. The van der Waals surface area contributed by atoms with E-state index < -0.39 is 18.0 Å². The summed E-state index contributed by atoms with van der Waals surface area (Å²) in [4.78, 5) is 14.5. The second-order valence-electron chi connectivity index (χ2n) is 2.41. The number of aliphatic hydroxyl groups is 2. The molecule has 2 atom stereocenters. The highest BCUT2D eigenvalue weighted by Crippen LogP contribution is 2.06. The van der Waals surface area contributed by atoms with Gasteiger partial charge in [-0.25, -0.2) is 0 Å². The molecule has 66 valence electrons. The predicted molar refractivity (Wildman–Crippen MR) is 37.2 cm³/mol. The highest BCUT2D eigenvalue weighted by Gasteiger charge is 2.17. The molecule has 0 aromatic rings. The molecule has 0 bridgehead atoms. The van der Waals surface area contributed by atoms with Crippen molar-refractivity contribution in [2.75, 3.05) is 6.61 Å². The van der Waals surface area contributed by atoms with Crippen LogP contribution in [0, 0.1) is 5.92 Å². The molecule has 0 saturated heterocycles. The number of carbonyl (C=O) groups excluding carboxylic acids is 1. The number of hydrogen-bond acceptors (Lipinski definition) is 5. The maximum Gasteiger partial charge on any atom is 0.327 e. The summed E-state index contributed by atoms with van der Waals surface area (Å²) in [7, 11) is 0. The van der Waals surface area contributed by atoms with Crippen LogP contribution in [-0.2, 0) is 9.63 Å². The fourth-order valence-electron chi connectivity index (χ4n) is 0.695. The molecule has 0 spiro atoms. The van der Waals surface area contributed by atoms with E-state index in [2.05, 4.69) is 10.7 Å². The van der Waals surface area contributed by atoms with E-state index in [0.29, 0.717) is 0 Å². The Kier molecular flexibility index (Phi) is 4.76. The average Bonchev–Trinajstić information content (AvgIpc) is 2.02. The Hall–Kier alpha value is -0.650. The fourth-order valence-corrected chi connectivity index (χ4v) is 0.695. The highest BCUT2D eigenvalue weighted by molar-refractivity contribution is 5.71. The van der Waals surface area contributed by atoms with E-state index in [9.17, 15) is 4.79 Å². The van der Waals surface area contributed by atoms with Crippen LogP contribution in [0.1, 0.15) is 13.3 Å². The van der Waals surface area contributed by atoms with E-state index in [4.69, 9.17) is 10.2 Å². The molecule has 0 heterocycles. The lowest BCUT2D eigenvalue weighted by Crippen LogP contribution is -2.24. The van der Waals surface area contributed by atoms with E-state index in [-0.39, 0.29) is 13.0 Å². The van der Waals surface area contributed by atoms with Crippen LogP contribution in [-0.4, -0.2) is 28.9 Å². The predicted octanol–water partition coefficient (Wildman–Crippen LogP) is -1.22. The molecule has 0 aromatic carbocycles. The number of aliphatic hydroxyl groups excluding tert-OH is 2. The summed E-state index contributed by atoms with van der Waals surface area (Å²) in [6, 6.07) is 0. The molecule has 0 aliphatic carbocycles. The van der Waals surface area contributed by atoms with Crippen LogP contribution in [0.25, 0.3) is 0 Å². The molecule has 0 aliphatic rings. The van der Waals surface area contributed by atoms with Gasteiger partial charge in [-0.3, -0.25) is 4.79 Å². The first-order valence-electron chi connectivity index (χ1n) is 3.31. The number of carbonyl (C=O) groups is 1. The van der Waals surface area contributed by atoms with Crippen molar-refractivity contribution in [1.29, 1.82) is 0 Å². The first kappa shape index (κ1) is 10.3. The minimum atomic E-state index is -0.885. The van der Waals surface area contributed by atoms with Crippen LogP contribution in [0.15, 0.2) is 0 Å². The van der Waals surface area contributed by atoms with Crippen LogP contribution in [0.2, 0.25) is 0 Å². The maximum atomic E-state index is 10.6. The Morgan fingerprint density at radius 3 is 2.64 bits per heavy atom. The standard InChI is InChI=1S/C6H13NO4/c1-4(6(10)11-7)2-5(9)3-8/h4-5,8-9H,2-3,7H2,1H3. The van der Waals surface area contributed by atoms with Gasteiger partial charge in [0.1, 0.15) is 0 Å². The Labute approximate surface area is 64.7 Å². The van der Waals surface area contributed by atoms with Gasteiger partial charge in [0.25, 0.3) is 0 Å². The van der Waals surface area contributed by atoms with Gasteiger partial charge in [-0.15, -0.1) is 0 Å². The van der Waals surface area contributed by atoms with Gasteiger partial charge in [-0.1, -0.05) is 6.92 Å². The fraction of sp³-hybridized carbons (Fsp3) is 0.833. The summed E-state index contributed by atoms with van der Waals surface area (Å²) in [5, 5.41) is 17.3.